The van der Waals surface area contributed by atoms with Crippen molar-refractivity contribution >= 4 is 86.6 Å². The van der Waals surface area contributed by atoms with Crippen LogP contribution in [-0.4, -0.2) is 148 Å². The third-order valence-corrected chi connectivity index (χ3v) is 13.6. The third kappa shape index (κ3) is 19.0. The second-order valence-electron chi connectivity index (χ2n) is 16.7. The van der Waals surface area contributed by atoms with Gasteiger partial charge >= 0.3 is 0 Å². The van der Waals surface area contributed by atoms with Crippen molar-refractivity contribution in [1.82, 2.24) is 42.1 Å². The summed E-state index contributed by atoms with van der Waals surface area (Å²) >= 11 is 0. The number of carbonyl (C=O) groups excluding carboxylic acids is 10. The van der Waals surface area contributed by atoms with Crippen LogP contribution in [0.4, 0.5) is 0 Å². The molecule has 0 saturated carbocycles. The molecule has 2 aromatic carbocycles. The van der Waals surface area contributed by atoms with Crippen molar-refractivity contribution in [3.63, 3.8) is 0 Å². The molecule has 2 aliphatic heterocycles. The lowest BCUT2D eigenvalue weighted by atomic mass is 10.0. The molecule has 0 aliphatic carbocycles. The van der Waals surface area contributed by atoms with Crippen molar-refractivity contribution in [2.45, 2.75) is 107 Å². The topological polar surface area (TPSA) is 395 Å². The van der Waals surface area contributed by atoms with Gasteiger partial charge in [-0.1, -0.05) is 71.0 Å². The smallest absolute Gasteiger partial charge is 0.246 e. The van der Waals surface area contributed by atoms with Crippen molar-refractivity contribution in [2.24, 2.45) is 27.9 Å². The van der Waals surface area contributed by atoms with E-state index >= 15 is 0 Å². The first-order valence-electron chi connectivity index (χ1n) is 22.9. The molecule has 24 nitrogen and oxygen atoms in total. The molecule has 26 heteroatoms. The Kier molecular flexibility index (Phi) is 22.7. The maximum absolute atomic E-state index is 14.5. The van der Waals surface area contributed by atoms with Gasteiger partial charge in [0.15, 0.2) is 5.96 Å². The Bertz CT molecular complexity index is 2250. The van der Waals surface area contributed by atoms with Crippen LogP contribution in [0, 0.1) is 0 Å². The van der Waals surface area contributed by atoms with Crippen molar-refractivity contribution < 1.29 is 53.1 Å². The minimum absolute atomic E-state index is 0.0143. The van der Waals surface area contributed by atoms with E-state index in [1.165, 1.54) is 17.0 Å². The van der Waals surface area contributed by atoms with E-state index in [0.717, 1.165) is 21.6 Å². The number of aliphatic imine (C=N–C) groups is 1. The molecular formula is C45H63N13O11S2. The molecule has 386 valence electrons. The Labute approximate surface area is 417 Å². The van der Waals surface area contributed by atoms with Crippen molar-refractivity contribution in [1.29, 1.82) is 0 Å². The first kappa shape index (κ1) is 56.5. The van der Waals surface area contributed by atoms with Crippen LogP contribution in [0.15, 0.2) is 59.6 Å². The molecule has 2 heterocycles. The van der Waals surface area contributed by atoms with Crippen LogP contribution in [0.5, 0.6) is 5.75 Å². The van der Waals surface area contributed by atoms with E-state index in [0.29, 0.717) is 17.5 Å². The summed E-state index contributed by atoms with van der Waals surface area (Å²) in [5, 5.41) is 28.1. The van der Waals surface area contributed by atoms with Gasteiger partial charge in [0.25, 0.3) is 0 Å². The molecule has 2 aliphatic rings. The quantitative estimate of drug-likeness (QED) is 0.0322. The number of carbonyl (C=O) groups is 10. The Balaban J connectivity index is 1.64. The molecule has 0 bridgehead atoms. The number of nitrogens with two attached hydrogens (primary N) is 4. The summed E-state index contributed by atoms with van der Waals surface area (Å²) in [5.41, 5.74) is 22.8. The fourth-order valence-corrected chi connectivity index (χ4v) is 9.73. The Hall–Kier alpha value is -7.09. The number of likely N-dealkylation sites (tertiary alicyclic amines) is 1. The normalized spacial score (nSPS) is 22.2. The lowest BCUT2D eigenvalue weighted by Gasteiger charge is -2.30. The number of rotatable bonds is 17. The van der Waals surface area contributed by atoms with Gasteiger partial charge in [0.2, 0.25) is 59.1 Å². The number of nitrogens with one attached hydrogen (secondary N) is 7. The predicted octanol–water partition coefficient (Wildman–Crippen LogP) is -3.20. The van der Waals surface area contributed by atoms with Gasteiger partial charge in [-0.3, -0.25) is 52.9 Å². The second kappa shape index (κ2) is 28.5. The van der Waals surface area contributed by atoms with E-state index in [4.69, 9.17) is 22.9 Å². The number of aromatic hydroxyl groups is 1. The van der Waals surface area contributed by atoms with E-state index in [1.807, 2.05) is 0 Å². The third-order valence-electron chi connectivity index (χ3n) is 11.2. The Morgan fingerprint density at radius 1 is 0.775 bits per heavy atom. The van der Waals surface area contributed by atoms with Gasteiger partial charge in [-0.25, -0.2) is 0 Å². The van der Waals surface area contributed by atoms with Crippen LogP contribution in [-0.2, 0) is 60.8 Å². The van der Waals surface area contributed by atoms with Crippen molar-refractivity contribution in [3.8, 4) is 5.75 Å². The molecule has 2 fully saturated rings. The Morgan fingerprint density at radius 3 is 2.01 bits per heavy atom. The molecule has 16 N–H and O–H groups in total. The van der Waals surface area contributed by atoms with Crippen LogP contribution in [0.25, 0.3) is 0 Å². The number of amides is 10. The van der Waals surface area contributed by atoms with Crippen molar-refractivity contribution in [3.05, 3.63) is 65.7 Å². The molecule has 0 aromatic heterocycles. The van der Waals surface area contributed by atoms with Gasteiger partial charge in [-0.05, 0) is 55.4 Å². The number of phenols is 1. The van der Waals surface area contributed by atoms with E-state index < -0.39 is 114 Å². The summed E-state index contributed by atoms with van der Waals surface area (Å²) in [5.74, 6) is -8.07. The minimum atomic E-state index is -1.65. The highest BCUT2D eigenvalue weighted by Gasteiger charge is 2.40. The van der Waals surface area contributed by atoms with E-state index in [9.17, 15) is 53.1 Å². The van der Waals surface area contributed by atoms with E-state index in [2.05, 4.69) is 42.2 Å². The molecule has 2 aromatic rings. The molecule has 10 amide bonds. The maximum Gasteiger partial charge on any atom is 0.246 e. The fraction of sp³-hybridized carbons (Fsp3) is 0.489. The number of guanidine groups is 1. The summed E-state index contributed by atoms with van der Waals surface area (Å²) < 4.78 is 0. The van der Waals surface area contributed by atoms with E-state index in [-0.39, 0.29) is 81.3 Å². The lowest BCUT2D eigenvalue weighted by molar-refractivity contribution is -0.142. The molecule has 2 saturated heterocycles. The summed E-state index contributed by atoms with van der Waals surface area (Å²) in [6.07, 6.45) is -0.110. The predicted molar refractivity (Wildman–Crippen MR) is 264 cm³/mol. The number of hydrogen-bond acceptors (Lipinski definition) is 14. The first-order chi connectivity index (χ1) is 33.8. The van der Waals surface area contributed by atoms with Gasteiger partial charge in [-0.15, -0.1) is 0 Å². The zero-order valence-corrected chi connectivity index (χ0v) is 40.8. The number of hydrogen-bond donors (Lipinski definition) is 12. The summed E-state index contributed by atoms with van der Waals surface area (Å²) in [6, 6.07) is 5.59. The number of primary amides is 2. The average Bonchev–Trinajstić information content (AvgIpc) is 3.83. The number of benzene rings is 2. The van der Waals surface area contributed by atoms with Crippen LogP contribution in [0.3, 0.4) is 0 Å². The van der Waals surface area contributed by atoms with Gasteiger partial charge in [-0.2, -0.15) is 0 Å². The average molecular weight is 1030 g/mol. The van der Waals surface area contributed by atoms with Gasteiger partial charge < -0.3 is 70.2 Å². The number of phenolic OH excluding ortho intramolecular Hbond substituents is 1. The van der Waals surface area contributed by atoms with Gasteiger partial charge in [0.05, 0.1) is 13.0 Å². The zero-order chi connectivity index (χ0) is 52.0. The maximum atomic E-state index is 14.5. The van der Waals surface area contributed by atoms with Crippen LogP contribution in [0.2, 0.25) is 0 Å². The van der Waals surface area contributed by atoms with Gasteiger partial charge in [0.1, 0.15) is 48.0 Å². The highest BCUT2D eigenvalue weighted by Crippen LogP contribution is 2.26. The summed E-state index contributed by atoms with van der Waals surface area (Å²) in [4.78, 5) is 140. The zero-order valence-electron chi connectivity index (χ0n) is 39.2. The molecule has 7 atom stereocenters. The highest BCUT2D eigenvalue weighted by molar-refractivity contribution is 8.76. The summed E-state index contributed by atoms with van der Waals surface area (Å²) in [6.45, 7) is 1.25. The largest absolute Gasteiger partial charge is 0.508 e. The lowest BCUT2D eigenvalue weighted by Crippen LogP contribution is -2.61. The molecule has 4 rings (SSSR count). The first-order valence-corrected chi connectivity index (χ1v) is 25.4. The summed E-state index contributed by atoms with van der Waals surface area (Å²) in [7, 11) is 2.26. The molecule has 0 radical (unpaired) electrons. The standard InChI is InChI=1S/C45H63N13O11S2/c1-2-28-39(64)56-32(22-35(46)60)42(67)57-33(44(69)58-18-7-11-34(58)43(68)54-29(10-6-17-50-45(48)49)38(63)51-23-36(47)61)24-71-70-19-16-37(62)52-30(21-26-12-14-27(59)15-13-26)40(65)55-31(41(66)53-28)20-25-8-4-3-5-9-25/h3-5,8-9,12-15,28-34,59H,2,6-7,10-11,16-24H2,1H3,(H2,46,60)(H2,47,61)(H,51,63)(H,52,62)(H,53,66)(H,54,68)(H,55,65)(H,56,64)(H,57,67)(H4,48,49,50)/t28?,29-,30-,31+,32+,33+,34+/m0/s1. The molecular weight excluding hydrogens is 963 g/mol. The van der Waals surface area contributed by atoms with Crippen LogP contribution >= 0.6 is 21.6 Å². The SMILES string of the molecule is CCC1NC(=O)[C@@H](Cc2ccccc2)NC(=O)[C@H](Cc2ccc(O)cc2)NC(=O)CCSSC[C@H](C(=O)N2CCC[C@@H]2C(=O)N[C@@H](CCCN=C(N)N)C(=O)NCC(N)=O)NC(=O)[C@@H](CC(N)=O)NC1=O. The minimum Gasteiger partial charge on any atom is -0.508 e. The van der Waals surface area contributed by atoms with Crippen molar-refractivity contribution in [2.75, 3.05) is 31.1 Å². The second-order valence-corrected chi connectivity index (χ2v) is 19.4. The number of nitrogens with zero attached hydrogens (tertiary/aromatic N) is 2. The monoisotopic (exact) mass is 1030 g/mol. The van der Waals surface area contributed by atoms with E-state index in [1.54, 1.807) is 49.4 Å². The molecule has 71 heavy (non-hydrogen) atoms. The van der Waals surface area contributed by atoms with Crippen LogP contribution < -0.4 is 60.2 Å². The van der Waals surface area contributed by atoms with Crippen LogP contribution in [0.1, 0.15) is 63.0 Å². The highest BCUT2D eigenvalue weighted by atomic mass is 33.1. The van der Waals surface area contributed by atoms with Gasteiger partial charge in [0, 0.05) is 43.9 Å². The molecule has 0 spiro atoms. The Morgan fingerprint density at radius 2 is 1.38 bits per heavy atom. The molecule has 1 unspecified atom stereocenters. The fourth-order valence-electron chi connectivity index (χ4n) is 7.58.